The third-order valence-electron chi connectivity index (χ3n) is 4.10. The first kappa shape index (κ1) is 18.3. The minimum Gasteiger partial charge on any atom is -0.340 e. The van der Waals surface area contributed by atoms with E-state index in [1.807, 2.05) is 32.0 Å². The monoisotopic (exact) mass is 360 g/mol. The minimum atomic E-state index is -0.305. The highest BCUT2D eigenvalue weighted by Crippen LogP contribution is 2.19. The second-order valence-corrected chi connectivity index (χ2v) is 6.32. The van der Waals surface area contributed by atoms with Crippen LogP contribution in [0.25, 0.3) is 0 Å². The number of nitrogens with one attached hydrogen (secondary N) is 2. The third kappa shape index (κ3) is 4.55. The molecule has 2 N–H and O–H groups in total. The zero-order valence-corrected chi connectivity index (χ0v) is 15.4. The van der Waals surface area contributed by atoms with Crippen molar-refractivity contribution in [2.75, 3.05) is 10.6 Å². The lowest BCUT2D eigenvalue weighted by Crippen LogP contribution is -2.15. The molecule has 6 heteroatoms. The van der Waals surface area contributed by atoms with Gasteiger partial charge < -0.3 is 10.6 Å². The molecule has 1 aromatic heterocycles. The molecule has 0 atom stereocenters. The summed E-state index contributed by atoms with van der Waals surface area (Å²) in [5.74, 6) is 0.196. The van der Waals surface area contributed by atoms with Gasteiger partial charge in [0.05, 0.1) is 0 Å². The first-order chi connectivity index (χ1) is 12.9. The van der Waals surface area contributed by atoms with E-state index in [0.29, 0.717) is 11.4 Å². The van der Waals surface area contributed by atoms with Crippen molar-refractivity contribution in [1.82, 2.24) is 9.97 Å². The summed E-state index contributed by atoms with van der Waals surface area (Å²) in [5.41, 5.74) is 4.46. The zero-order valence-electron chi connectivity index (χ0n) is 15.4. The molecule has 0 saturated heterocycles. The maximum Gasteiger partial charge on any atom is 0.274 e. The van der Waals surface area contributed by atoms with Crippen LogP contribution in [-0.2, 0) is 0 Å². The molecule has 136 valence electrons. The smallest absolute Gasteiger partial charge is 0.274 e. The molecule has 0 bridgehead atoms. The highest BCUT2D eigenvalue weighted by atomic mass is 16.2. The van der Waals surface area contributed by atoms with Crippen molar-refractivity contribution in [3.8, 4) is 0 Å². The van der Waals surface area contributed by atoms with Gasteiger partial charge >= 0.3 is 0 Å². The number of hydrogen-bond donors (Lipinski definition) is 2. The van der Waals surface area contributed by atoms with Crippen LogP contribution in [0, 0.1) is 13.8 Å². The Balaban J connectivity index is 1.75. The number of carbonyl (C=O) groups is 2. The highest BCUT2D eigenvalue weighted by Gasteiger charge is 2.11. The van der Waals surface area contributed by atoms with E-state index >= 15 is 0 Å². The second-order valence-electron chi connectivity index (χ2n) is 6.32. The van der Waals surface area contributed by atoms with Crippen LogP contribution in [-0.4, -0.2) is 21.7 Å². The molecular weight excluding hydrogens is 340 g/mol. The molecular formula is C21H20N4O2. The van der Waals surface area contributed by atoms with E-state index in [-0.39, 0.29) is 17.4 Å². The number of aromatic nitrogens is 2. The van der Waals surface area contributed by atoms with Gasteiger partial charge in [0.25, 0.3) is 5.91 Å². The average Bonchev–Trinajstić information content (AvgIpc) is 2.65. The SMILES string of the molecule is CC(=O)c1ccc(Nc2cc(C(=O)Nc3cc(C)ccc3C)ncn2)cc1. The number of anilines is 3. The van der Waals surface area contributed by atoms with Crippen LogP contribution in [0.3, 0.4) is 0 Å². The third-order valence-corrected chi connectivity index (χ3v) is 4.10. The lowest BCUT2D eigenvalue weighted by atomic mass is 10.1. The highest BCUT2D eigenvalue weighted by molar-refractivity contribution is 6.03. The summed E-state index contributed by atoms with van der Waals surface area (Å²) in [6, 6.07) is 14.5. The predicted molar refractivity (Wildman–Crippen MR) is 106 cm³/mol. The van der Waals surface area contributed by atoms with Crippen LogP contribution >= 0.6 is 0 Å². The van der Waals surface area contributed by atoms with Crippen LogP contribution < -0.4 is 10.6 Å². The molecule has 27 heavy (non-hydrogen) atoms. The van der Waals surface area contributed by atoms with Crippen LogP contribution in [0.15, 0.2) is 54.9 Å². The van der Waals surface area contributed by atoms with Gasteiger partial charge in [-0.1, -0.05) is 12.1 Å². The van der Waals surface area contributed by atoms with Crippen molar-refractivity contribution in [3.05, 3.63) is 77.2 Å². The van der Waals surface area contributed by atoms with Crippen molar-refractivity contribution in [1.29, 1.82) is 0 Å². The topological polar surface area (TPSA) is 84.0 Å². The largest absolute Gasteiger partial charge is 0.340 e. The van der Waals surface area contributed by atoms with Gasteiger partial charge in [0.1, 0.15) is 17.8 Å². The molecule has 0 fully saturated rings. The summed E-state index contributed by atoms with van der Waals surface area (Å²) in [5, 5.41) is 5.99. The molecule has 1 amide bonds. The molecule has 3 aromatic rings. The number of ketones is 1. The van der Waals surface area contributed by atoms with Gasteiger partial charge in [-0.2, -0.15) is 0 Å². The van der Waals surface area contributed by atoms with E-state index in [0.717, 1.165) is 22.5 Å². The first-order valence-electron chi connectivity index (χ1n) is 8.51. The summed E-state index contributed by atoms with van der Waals surface area (Å²) in [6.07, 6.45) is 1.34. The maximum atomic E-state index is 12.5. The van der Waals surface area contributed by atoms with Crippen molar-refractivity contribution in [3.63, 3.8) is 0 Å². The van der Waals surface area contributed by atoms with Crippen LogP contribution in [0.5, 0.6) is 0 Å². The molecule has 0 radical (unpaired) electrons. The zero-order chi connectivity index (χ0) is 19.4. The lowest BCUT2D eigenvalue weighted by molar-refractivity contribution is 0.101. The van der Waals surface area contributed by atoms with E-state index in [1.165, 1.54) is 13.3 Å². The predicted octanol–water partition coefficient (Wildman–Crippen LogP) is 4.29. The fourth-order valence-corrected chi connectivity index (χ4v) is 2.54. The number of nitrogens with zero attached hydrogens (tertiary/aromatic N) is 2. The van der Waals surface area contributed by atoms with Crippen molar-refractivity contribution >= 4 is 28.9 Å². The number of amides is 1. The Hall–Kier alpha value is -3.54. The molecule has 0 unspecified atom stereocenters. The van der Waals surface area contributed by atoms with Gasteiger partial charge in [-0.05, 0) is 62.2 Å². The molecule has 0 aliphatic carbocycles. The standard InChI is InChI=1S/C21H20N4O2/c1-13-4-5-14(2)18(10-13)25-21(27)19-11-20(23-12-22-19)24-17-8-6-16(7-9-17)15(3)26/h4-12H,1-3H3,(H,25,27)(H,22,23,24). The van der Waals surface area contributed by atoms with Crippen molar-refractivity contribution in [2.45, 2.75) is 20.8 Å². The second kappa shape index (κ2) is 7.78. The van der Waals surface area contributed by atoms with Crippen LogP contribution in [0.2, 0.25) is 0 Å². The van der Waals surface area contributed by atoms with E-state index in [1.54, 1.807) is 30.3 Å². The number of aryl methyl sites for hydroxylation is 2. The van der Waals surface area contributed by atoms with Gasteiger partial charge in [0.2, 0.25) is 0 Å². The van der Waals surface area contributed by atoms with Gasteiger partial charge in [-0.3, -0.25) is 9.59 Å². The lowest BCUT2D eigenvalue weighted by Gasteiger charge is -2.10. The van der Waals surface area contributed by atoms with Crippen molar-refractivity contribution < 1.29 is 9.59 Å². The first-order valence-corrected chi connectivity index (χ1v) is 8.51. The van der Waals surface area contributed by atoms with E-state index in [9.17, 15) is 9.59 Å². The molecule has 0 saturated carbocycles. The Morgan fingerprint density at radius 2 is 1.67 bits per heavy atom. The normalized spacial score (nSPS) is 10.3. The number of hydrogen-bond acceptors (Lipinski definition) is 5. The molecule has 1 heterocycles. The number of benzene rings is 2. The van der Waals surface area contributed by atoms with Gasteiger partial charge in [-0.15, -0.1) is 0 Å². The summed E-state index contributed by atoms with van der Waals surface area (Å²) >= 11 is 0. The molecule has 0 aliphatic heterocycles. The summed E-state index contributed by atoms with van der Waals surface area (Å²) in [4.78, 5) is 32.1. The Morgan fingerprint density at radius 1 is 0.926 bits per heavy atom. The summed E-state index contributed by atoms with van der Waals surface area (Å²) in [6.45, 7) is 5.43. The molecule has 2 aromatic carbocycles. The Bertz CT molecular complexity index is 997. The van der Waals surface area contributed by atoms with Gasteiger partial charge in [-0.25, -0.2) is 9.97 Å². The fourth-order valence-electron chi connectivity index (χ4n) is 2.54. The molecule has 6 nitrogen and oxygen atoms in total. The molecule has 0 aliphatic rings. The average molecular weight is 360 g/mol. The summed E-state index contributed by atoms with van der Waals surface area (Å²) < 4.78 is 0. The van der Waals surface area contributed by atoms with Gasteiger partial charge in [0.15, 0.2) is 5.78 Å². The van der Waals surface area contributed by atoms with Crippen LogP contribution in [0.4, 0.5) is 17.2 Å². The maximum absolute atomic E-state index is 12.5. The number of rotatable bonds is 5. The van der Waals surface area contributed by atoms with Gasteiger partial charge in [0, 0.05) is 23.0 Å². The minimum absolute atomic E-state index is 0.00832. The van der Waals surface area contributed by atoms with E-state index in [2.05, 4.69) is 20.6 Å². The fraction of sp³-hybridized carbons (Fsp3) is 0.143. The van der Waals surface area contributed by atoms with E-state index < -0.39 is 0 Å². The quantitative estimate of drug-likeness (QED) is 0.663. The Morgan fingerprint density at radius 3 is 2.37 bits per heavy atom. The molecule has 3 rings (SSSR count). The van der Waals surface area contributed by atoms with Crippen molar-refractivity contribution in [2.24, 2.45) is 0 Å². The van der Waals surface area contributed by atoms with E-state index in [4.69, 9.17) is 0 Å². The summed E-state index contributed by atoms with van der Waals surface area (Å²) in [7, 11) is 0. The number of Topliss-reactive ketones (excluding diaryl/α,β-unsaturated/α-hetero) is 1. The van der Waals surface area contributed by atoms with Crippen LogP contribution in [0.1, 0.15) is 38.9 Å². The molecule has 0 spiro atoms. The Labute approximate surface area is 157 Å². The number of carbonyl (C=O) groups excluding carboxylic acids is 2. The Kier molecular flexibility index (Phi) is 5.26.